The molecule has 1 fully saturated rings. The van der Waals surface area contributed by atoms with E-state index in [1.165, 1.54) is 25.7 Å². The summed E-state index contributed by atoms with van der Waals surface area (Å²) >= 11 is 12.1. The van der Waals surface area contributed by atoms with Crippen molar-refractivity contribution >= 4 is 23.2 Å². The molecule has 1 aromatic rings. The Kier molecular flexibility index (Phi) is 5.08. The van der Waals surface area contributed by atoms with Gasteiger partial charge in [0.25, 0.3) is 0 Å². The van der Waals surface area contributed by atoms with Crippen LogP contribution >= 0.6 is 23.2 Å². The first-order valence-corrected chi connectivity index (χ1v) is 7.10. The van der Waals surface area contributed by atoms with Crippen LogP contribution in [0, 0.1) is 5.92 Å². The van der Waals surface area contributed by atoms with E-state index in [-0.39, 0.29) is 0 Å². The van der Waals surface area contributed by atoms with Crippen molar-refractivity contribution in [3.63, 3.8) is 0 Å². The van der Waals surface area contributed by atoms with Crippen molar-refractivity contribution in [1.29, 1.82) is 0 Å². The molecular weight excluding hydrogens is 255 g/mol. The van der Waals surface area contributed by atoms with Gasteiger partial charge in [0.15, 0.2) is 0 Å². The first kappa shape index (κ1) is 13.1. The second-order valence-electron chi connectivity index (χ2n) is 4.65. The minimum Gasteiger partial charge on any atom is -0.310 e. The molecule has 0 aromatic carbocycles. The van der Waals surface area contributed by atoms with Gasteiger partial charge in [-0.25, -0.2) is 0 Å². The van der Waals surface area contributed by atoms with Gasteiger partial charge in [-0.3, -0.25) is 4.98 Å². The summed E-state index contributed by atoms with van der Waals surface area (Å²) in [4.78, 5) is 3.99. The van der Waals surface area contributed by atoms with E-state index in [4.69, 9.17) is 23.2 Å². The third kappa shape index (κ3) is 3.57. The van der Waals surface area contributed by atoms with Crippen molar-refractivity contribution in [3.8, 4) is 0 Å². The number of alkyl halides is 1. The maximum Gasteiger partial charge on any atom is 0.0634 e. The molecular formula is C13H18Cl2N2. The zero-order chi connectivity index (χ0) is 12.1. The number of hydrogen-bond donors (Lipinski definition) is 1. The second-order valence-corrected chi connectivity index (χ2v) is 5.37. The molecule has 17 heavy (non-hydrogen) atoms. The van der Waals surface area contributed by atoms with Crippen molar-refractivity contribution in [2.45, 2.75) is 38.3 Å². The molecule has 1 aliphatic rings. The first-order chi connectivity index (χ1) is 8.31. The molecule has 2 nitrogen and oxygen atoms in total. The normalized spacial score (nSPS) is 24.8. The molecule has 0 bridgehead atoms. The lowest BCUT2D eigenvalue weighted by Gasteiger charge is -2.31. The molecule has 1 saturated carbocycles. The molecule has 94 valence electrons. The predicted molar refractivity (Wildman–Crippen MR) is 72.6 cm³/mol. The highest BCUT2D eigenvalue weighted by molar-refractivity contribution is 6.31. The first-order valence-electron chi connectivity index (χ1n) is 6.19. The van der Waals surface area contributed by atoms with Gasteiger partial charge in [-0.1, -0.05) is 24.4 Å². The monoisotopic (exact) mass is 272 g/mol. The molecule has 1 heterocycles. The van der Waals surface area contributed by atoms with E-state index < -0.39 is 0 Å². The van der Waals surface area contributed by atoms with E-state index in [1.54, 1.807) is 12.4 Å². The van der Waals surface area contributed by atoms with Crippen molar-refractivity contribution in [3.05, 3.63) is 29.0 Å². The van der Waals surface area contributed by atoms with E-state index in [0.29, 0.717) is 12.0 Å². The Balaban J connectivity index is 1.90. The van der Waals surface area contributed by atoms with Crippen molar-refractivity contribution in [2.24, 2.45) is 5.92 Å². The number of aromatic nitrogens is 1. The summed E-state index contributed by atoms with van der Waals surface area (Å²) in [5.74, 6) is 1.35. The fourth-order valence-electron chi connectivity index (χ4n) is 2.45. The summed E-state index contributed by atoms with van der Waals surface area (Å²) in [6.45, 7) is 0.805. The third-order valence-corrected chi connectivity index (χ3v) is 4.26. The van der Waals surface area contributed by atoms with Crippen molar-refractivity contribution < 1.29 is 0 Å². The molecule has 0 aliphatic heterocycles. The second kappa shape index (κ2) is 6.58. The summed E-state index contributed by atoms with van der Waals surface area (Å²) in [6, 6.07) is 2.50. The SMILES string of the molecule is ClCC1CCCCC1NCc1ccncc1Cl. The molecule has 1 aliphatic carbocycles. The zero-order valence-corrected chi connectivity index (χ0v) is 11.3. The smallest absolute Gasteiger partial charge is 0.0634 e. The fraction of sp³-hybridized carbons (Fsp3) is 0.615. The quantitative estimate of drug-likeness (QED) is 0.847. The molecule has 2 unspecified atom stereocenters. The summed E-state index contributed by atoms with van der Waals surface area (Å²) in [6.07, 6.45) is 8.55. The molecule has 1 N–H and O–H groups in total. The van der Waals surface area contributed by atoms with Crippen LogP contribution in [-0.4, -0.2) is 16.9 Å². The van der Waals surface area contributed by atoms with Crippen LogP contribution in [0.3, 0.4) is 0 Å². The third-order valence-electron chi connectivity index (χ3n) is 3.52. The van der Waals surface area contributed by atoms with Crippen LogP contribution in [0.25, 0.3) is 0 Å². The van der Waals surface area contributed by atoms with Gasteiger partial charge in [0.05, 0.1) is 5.02 Å². The summed E-state index contributed by atoms with van der Waals surface area (Å²) < 4.78 is 0. The highest BCUT2D eigenvalue weighted by atomic mass is 35.5. The van der Waals surface area contributed by atoms with E-state index in [2.05, 4.69) is 10.3 Å². The number of nitrogens with one attached hydrogen (secondary N) is 1. The lowest BCUT2D eigenvalue weighted by Crippen LogP contribution is -2.39. The van der Waals surface area contributed by atoms with Gasteiger partial charge in [-0.15, -0.1) is 11.6 Å². The van der Waals surface area contributed by atoms with Crippen LogP contribution < -0.4 is 5.32 Å². The lowest BCUT2D eigenvalue weighted by atomic mass is 9.85. The number of halogens is 2. The average Bonchev–Trinajstić information content (AvgIpc) is 2.38. The lowest BCUT2D eigenvalue weighted by molar-refractivity contribution is 0.282. The molecule has 0 amide bonds. The number of hydrogen-bond acceptors (Lipinski definition) is 2. The van der Waals surface area contributed by atoms with Crippen molar-refractivity contribution in [2.75, 3.05) is 5.88 Å². The van der Waals surface area contributed by atoms with Gasteiger partial charge >= 0.3 is 0 Å². The summed E-state index contributed by atoms with van der Waals surface area (Å²) in [5.41, 5.74) is 1.11. The molecule has 4 heteroatoms. The van der Waals surface area contributed by atoms with Gasteiger partial charge in [0.2, 0.25) is 0 Å². The number of nitrogens with zero attached hydrogens (tertiary/aromatic N) is 1. The Labute approximate surface area is 113 Å². The number of pyridine rings is 1. The van der Waals surface area contributed by atoms with Gasteiger partial charge in [0, 0.05) is 30.9 Å². The summed E-state index contributed by atoms with van der Waals surface area (Å²) in [7, 11) is 0. The van der Waals surface area contributed by atoms with E-state index in [9.17, 15) is 0 Å². The van der Waals surface area contributed by atoms with Gasteiger partial charge in [-0.2, -0.15) is 0 Å². The van der Waals surface area contributed by atoms with Crippen LogP contribution in [0.5, 0.6) is 0 Å². The Morgan fingerprint density at radius 1 is 1.35 bits per heavy atom. The Morgan fingerprint density at radius 3 is 2.94 bits per heavy atom. The maximum absolute atomic E-state index is 6.08. The average molecular weight is 273 g/mol. The zero-order valence-electron chi connectivity index (χ0n) is 9.83. The van der Waals surface area contributed by atoms with E-state index in [0.717, 1.165) is 23.0 Å². The highest BCUT2D eigenvalue weighted by Crippen LogP contribution is 2.26. The largest absolute Gasteiger partial charge is 0.310 e. The molecule has 2 atom stereocenters. The van der Waals surface area contributed by atoms with E-state index in [1.807, 2.05) is 6.07 Å². The van der Waals surface area contributed by atoms with Gasteiger partial charge in [0.1, 0.15) is 0 Å². The van der Waals surface area contributed by atoms with Crippen LogP contribution in [0.4, 0.5) is 0 Å². The highest BCUT2D eigenvalue weighted by Gasteiger charge is 2.23. The van der Waals surface area contributed by atoms with Crippen LogP contribution in [-0.2, 0) is 6.54 Å². The summed E-state index contributed by atoms with van der Waals surface area (Å²) in [5, 5.41) is 4.32. The predicted octanol–water partition coefficient (Wildman–Crippen LogP) is 3.62. The van der Waals surface area contributed by atoms with Crippen LogP contribution in [0.2, 0.25) is 5.02 Å². The van der Waals surface area contributed by atoms with E-state index >= 15 is 0 Å². The minimum atomic E-state index is 0.533. The van der Waals surface area contributed by atoms with Crippen molar-refractivity contribution in [1.82, 2.24) is 10.3 Å². The minimum absolute atomic E-state index is 0.533. The van der Waals surface area contributed by atoms with Crippen LogP contribution in [0.15, 0.2) is 18.5 Å². The molecule has 2 rings (SSSR count). The Morgan fingerprint density at radius 2 is 2.18 bits per heavy atom. The maximum atomic E-state index is 6.08. The Bertz CT molecular complexity index is 357. The molecule has 1 aromatic heterocycles. The topological polar surface area (TPSA) is 24.9 Å². The molecule has 0 radical (unpaired) electrons. The van der Waals surface area contributed by atoms with Gasteiger partial charge in [-0.05, 0) is 30.4 Å². The van der Waals surface area contributed by atoms with Crippen LogP contribution in [0.1, 0.15) is 31.2 Å². The van der Waals surface area contributed by atoms with Gasteiger partial charge < -0.3 is 5.32 Å². The standard InChI is InChI=1S/C13H18Cl2N2/c14-7-10-3-1-2-4-13(10)17-8-11-5-6-16-9-12(11)15/h5-6,9-10,13,17H,1-4,7-8H2. The fourth-order valence-corrected chi connectivity index (χ4v) is 3.01. The molecule has 0 saturated heterocycles. The number of rotatable bonds is 4. The molecule has 0 spiro atoms. The Hall–Kier alpha value is -0.310.